The first-order valence-electron chi connectivity index (χ1n) is 11.9. The predicted molar refractivity (Wildman–Crippen MR) is 136 cm³/mol. The summed E-state index contributed by atoms with van der Waals surface area (Å²) in [4.78, 5) is 15.1. The van der Waals surface area contributed by atoms with Gasteiger partial charge in [0.1, 0.15) is 12.3 Å². The standard InChI is InChI=1S/C28H25ClF3N3O2/c29-25-16-22(26(34-14-13-33)17-24(25)20-8-9-20)18-35(27(36)21-4-2-1-3-5-21)15-12-19-6-10-23(11-7-19)37-28(30,31)32/h1-7,10-11,16-17,20,34H,8-9,12,14-15,18H2. The molecule has 5 nitrogen and oxygen atoms in total. The number of carbonyl (C=O) groups excluding carboxylic acids is 1. The molecule has 37 heavy (non-hydrogen) atoms. The van der Waals surface area contributed by atoms with Gasteiger partial charge in [0.15, 0.2) is 0 Å². The summed E-state index contributed by atoms with van der Waals surface area (Å²) in [5, 5.41) is 12.9. The van der Waals surface area contributed by atoms with Crippen molar-refractivity contribution in [2.24, 2.45) is 0 Å². The molecule has 0 bridgehead atoms. The lowest BCUT2D eigenvalue weighted by Crippen LogP contribution is -2.33. The molecule has 1 amide bonds. The van der Waals surface area contributed by atoms with Crippen molar-refractivity contribution in [3.63, 3.8) is 0 Å². The van der Waals surface area contributed by atoms with Gasteiger partial charge in [-0.05, 0) is 78.3 Å². The lowest BCUT2D eigenvalue weighted by molar-refractivity contribution is -0.274. The molecular formula is C28H25ClF3N3O2. The van der Waals surface area contributed by atoms with Crippen molar-refractivity contribution in [2.75, 3.05) is 18.4 Å². The van der Waals surface area contributed by atoms with E-state index in [1.54, 1.807) is 41.3 Å². The third-order valence-electron chi connectivity index (χ3n) is 6.09. The minimum atomic E-state index is -4.76. The lowest BCUT2D eigenvalue weighted by atomic mass is 10.0. The van der Waals surface area contributed by atoms with Crippen LogP contribution in [0.1, 0.15) is 45.8 Å². The fourth-order valence-corrected chi connectivity index (χ4v) is 4.45. The Morgan fingerprint density at radius 1 is 1.11 bits per heavy atom. The molecule has 0 heterocycles. The first-order valence-corrected chi connectivity index (χ1v) is 12.2. The predicted octanol–water partition coefficient (Wildman–Crippen LogP) is 6.94. The van der Waals surface area contributed by atoms with Crippen molar-refractivity contribution in [1.82, 2.24) is 4.90 Å². The van der Waals surface area contributed by atoms with E-state index in [0.29, 0.717) is 29.5 Å². The van der Waals surface area contributed by atoms with Gasteiger partial charge in [0.25, 0.3) is 5.91 Å². The van der Waals surface area contributed by atoms with Gasteiger partial charge in [-0.25, -0.2) is 0 Å². The number of hydrogen-bond acceptors (Lipinski definition) is 4. The van der Waals surface area contributed by atoms with Crippen LogP contribution in [0.3, 0.4) is 0 Å². The molecular weight excluding hydrogens is 503 g/mol. The van der Waals surface area contributed by atoms with E-state index in [1.165, 1.54) is 12.1 Å². The smallest absolute Gasteiger partial charge is 0.406 e. The fraction of sp³-hybridized carbons (Fsp3) is 0.286. The third-order valence-corrected chi connectivity index (χ3v) is 6.42. The maximum atomic E-state index is 13.5. The Balaban J connectivity index is 1.57. The average Bonchev–Trinajstić information content (AvgIpc) is 3.71. The summed E-state index contributed by atoms with van der Waals surface area (Å²) in [7, 11) is 0. The van der Waals surface area contributed by atoms with Crippen LogP contribution < -0.4 is 10.1 Å². The highest BCUT2D eigenvalue weighted by Gasteiger charge is 2.31. The van der Waals surface area contributed by atoms with E-state index in [2.05, 4.69) is 16.1 Å². The summed E-state index contributed by atoms with van der Waals surface area (Å²) in [5.41, 5.74) is 3.84. The van der Waals surface area contributed by atoms with Gasteiger partial charge in [-0.2, -0.15) is 5.26 Å². The van der Waals surface area contributed by atoms with Crippen LogP contribution in [0, 0.1) is 11.3 Å². The van der Waals surface area contributed by atoms with Gasteiger partial charge in [-0.15, -0.1) is 13.2 Å². The molecule has 4 rings (SSSR count). The molecule has 192 valence electrons. The Bertz CT molecular complexity index is 1270. The molecule has 3 aromatic carbocycles. The van der Waals surface area contributed by atoms with Gasteiger partial charge < -0.3 is 15.0 Å². The quantitative estimate of drug-likeness (QED) is 0.290. The maximum absolute atomic E-state index is 13.5. The van der Waals surface area contributed by atoms with Gasteiger partial charge in [0.2, 0.25) is 0 Å². The maximum Gasteiger partial charge on any atom is 0.573 e. The van der Waals surface area contributed by atoms with Crippen LogP contribution in [0.25, 0.3) is 0 Å². The van der Waals surface area contributed by atoms with Crippen molar-refractivity contribution < 1.29 is 22.7 Å². The first kappa shape index (κ1) is 26.4. The van der Waals surface area contributed by atoms with Gasteiger partial charge in [-0.1, -0.05) is 41.9 Å². The van der Waals surface area contributed by atoms with Crippen molar-refractivity contribution in [3.05, 3.63) is 94.0 Å². The van der Waals surface area contributed by atoms with Gasteiger partial charge in [0.05, 0.1) is 6.07 Å². The van der Waals surface area contributed by atoms with Crippen LogP contribution in [-0.2, 0) is 13.0 Å². The molecule has 1 fully saturated rings. The van der Waals surface area contributed by atoms with Crippen molar-refractivity contribution >= 4 is 23.2 Å². The molecule has 1 N–H and O–H groups in total. The number of rotatable bonds is 10. The highest BCUT2D eigenvalue weighted by atomic mass is 35.5. The molecule has 0 atom stereocenters. The Labute approximate surface area is 218 Å². The Morgan fingerprint density at radius 2 is 1.81 bits per heavy atom. The van der Waals surface area contributed by atoms with Gasteiger partial charge in [-0.3, -0.25) is 4.79 Å². The summed E-state index contributed by atoms with van der Waals surface area (Å²) in [6.45, 7) is 0.659. The molecule has 1 aliphatic carbocycles. The molecule has 0 saturated heterocycles. The molecule has 1 saturated carbocycles. The number of anilines is 1. The Hall–Kier alpha value is -3.70. The molecule has 3 aromatic rings. The fourth-order valence-electron chi connectivity index (χ4n) is 4.11. The van der Waals surface area contributed by atoms with E-state index in [-0.39, 0.29) is 24.7 Å². The molecule has 9 heteroatoms. The third kappa shape index (κ3) is 7.40. The van der Waals surface area contributed by atoms with Crippen molar-refractivity contribution in [3.8, 4) is 11.8 Å². The second-order valence-electron chi connectivity index (χ2n) is 8.85. The molecule has 0 unspecified atom stereocenters. The topological polar surface area (TPSA) is 65.4 Å². The summed E-state index contributed by atoms with van der Waals surface area (Å²) >= 11 is 6.60. The number of nitrogens with zero attached hydrogens (tertiary/aromatic N) is 2. The number of hydrogen-bond donors (Lipinski definition) is 1. The zero-order chi connectivity index (χ0) is 26.4. The average molecular weight is 528 g/mol. The summed E-state index contributed by atoms with van der Waals surface area (Å²) < 4.78 is 41.3. The van der Waals surface area contributed by atoms with E-state index in [9.17, 15) is 18.0 Å². The normalized spacial score (nSPS) is 13.1. The summed E-state index contributed by atoms with van der Waals surface area (Å²) in [6.07, 6.45) is -2.20. The van der Waals surface area contributed by atoms with Crippen molar-refractivity contribution in [2.45, 2.75) is 38.1 Å². The molecule has 0 aromatic heterocycles. The minimum absolute atomic E-state index is 0.109. The van der Waals surface area contributed by atoms with Crippen LogP contribution in [0.15, 0.2) is 66.7 Å². The highest BCUT2D eigenvalue weighted by molar-refractivity contribution is 6.31. The lowest BCUT2D eigenvalue weighted by Gasteiger charge is -2.25. The zero-order valence-electron chi connectivity index (χ0n) is 19.9. The minimum Gasteiger partial charge on any atom is -0.406 e. The number of halogens is 4. The van der Waals surface area contributed by atoms with E-state index >= 15 is 0 Å². The Morgan fingerprint density at radius 3 is 2.43 bits per heavy atom. The summed E-state index contributed by atoms with van der Waals surface area (Å²) in [5.74, 6) is -0.0751. The Kier molecular flexibility index (Phi) is 8.24. The van der Waals surface area contributed by atoms with Crippen LogP contribution in [0.2, 0.25) is 5.02 Å². The number of nitrogens with one attached hydrogen (secondary N) is 1. The van der Waals surface area contributed by atoms with Gasteiger partial charge in [0, 0.05) is 29.4 Å². The zero-order valence-corrected chi connectivity index (χ0v) is 20.6. The first-order chi connectivity index (χ1) is 17.7. The number of alkyl halides is 3. The molecule has 0 spiro atoms. The summed E-state index contributed by atoms with van der Waals surface area (Å²) in [6, 6.07) is 20.4. The molecule has 0 aliphatic heterocycles. The number of carbonyl (C=O) groups is 1. The molecule has 0 radical (unpaired) electrons. The van der Waals surface area contributed by atoms with Crippen LogP contribution in [0.5, 0.6) is 5.75 Å². The largest absolute Gasteiger partial charge is 0.573 e. The van der Waals surface area contributed by atoms with Crippen LogP contribution in [0.4, 0.5) is 18.9 Å². The number of ether oxygens (including phenoxy) is 1. The number of benzene rings is 3. The van der Waals surface area contributed by atoms with E-state index in [1.807, 2.05) is 18.2 Å². The van der Waals surface area contributed by atoms with Crippen LogP contribution in [-0.4, -0.2) is 30.3 Å². The van der Waals surface area contributed by atoms with Crippen LogP contribution >= 0.6 is 11.6 Å². The van der Waals surface area contributed by atoms with Crippen molar-refractivity contribution in [1.29, 1.82) is 5.26 Å². The second-order valence-corrected chi connectivity index (χ2v) is 9.26. The highest BCUT2D eigenvalue weighted by Crippen LogP contribution is 2.45. The van der Waals surface area contributed by atoms with E-state index in [0.717, 1.165) is 35.2 Å². The second kappa shape index (κ2) is 11.6. The number of nitriles is 1. The SMILES string of the molecule is N#CCNc1cc(C2CC2)c(Cl)cc1CN(CCc1ccc(OC(F)(F)F)cc1)C(=O)c1ccccc1. The number of amides is 1. The van der Waals surface area contributed by atoms with E-state index in [4.69, 9.17) is 16.9 Å². The van der Waals surface area contributed by atoms with E-state index < -0.39 is 6.36 Å². The monoisotopic (exact) mass is 527 g/mol. The van der Waals surface area contributed by atoms with Gasteiger partial charge >= 0.3 is 6.36 Å². The molecule has 1 aliphatic rings.